The number of esters is 1. The van der Waals surface area contributed by atoms with E-state index in [9.17, 15) is 18.0 Å². The summed E-state index contributed by atoms with van der Waals surface area (Å²) < 4.78 is 45.3. The summed E-state index contributed by atoms with van der Waals surface area (Å²) in [6, 6.07) is 0. The highest BCUT2D eigenvalue weighted by atomic mass is 19.4. The molecule has 0 heterocycles. The Morgan fingerprint density at radius 3 is 2.33 bits per heavy atom. The Morgan fingerprint density at radius 2 is 1.86 bits per heavy atom. The van der Waals surface area contributed by atoms with Crippen LogP contribution in [0.4, 0.5) is 13.2 Å². The molecule has 0 saturated heterocycles. The van der Waals surface area contributed by atoms with Gasteiger partial charge in [0.05, 0.1) is 0 Å². The molecule has 3 aliphatic carbocycles. The van der Waals surface area contributed by atoms with Crippen molar-refractivity contribution in [2.75, 3.05) is 0 Å². The lowest BCUT2D eigenvalue weighted by Crippen LogP contribution is -2.73. The van der Waals surface area contributed by atoms with Crippen molar-refractivity contribution in [1.82, 2.24) is 0 Å². The summed E-state index contributed by atoms with van der Waals surface area (Å²) in [4.78, 5) is 12.3. The highest BCUT2D eigenvalue weighted by molar-refractivity contribution is 5.78. The largest absolute Gasteiger partial charge is 0.458 e. The Hall–Kier alpha value is -0.740. The van der Waals surface area contributed by atoms with Gasteiger partial charge < -0.3 is 4.74 Å². The Kier molecular flexibility index (Phi) is 2.72. The van der Waals surface area contributed by atoms with Crippen molar-refractivity contribution in [3.05, 3.63) is 0 Å². The lowest BCUT2D eigenvalue weighted by molar-refractivity contribution is -0.308. The molecule has 0 aromatic rings. The summed E-state index contributed by atoms with van der Waals surface area (Å²) in [5, 5.41) is 0. The van der Waals surface area contributed by atoms with E-state index in [0.717, 1.165) is 26.2 Å². The summed E-state index contributed by atoms with van der Waals surface area (Å²) in [5.41, 5.74) is -3.03. The molecule has 0 spiro atoms. The average Bonchev–Trinajstić information content (AvgIpc) is 2.55. The van der Waals surface area contributed by atoms with E-state index in [1.54, 1.807) is 0 Å². The molecule has 0 N–H and O–H groups in total. The lowest BCUT2D eigenvalue weighted by Gasteiger charge is -2.72. The van der Waals surface area contributed by atoms with Gasteiger partial charge in [0.2, 0.25) is 0 Å². The number of halogens is 3. The molecule has 3 aliphatic rings. The van der Waals surface area contributed by atoms with Crippen molar-refractivity contribution < 1.29 is 22.7 Å². The quantitative estimate of drug-likeness (QED) is 0.719. The third-order valence-electron chi connectivity index (χ3n) is 7.44. The minimum absolute atomic E-state index is 0.115. The fraction of sp³-hybridized carbons (Fsp3) is 0.938. The van der Waals surface area contributed by atoms with E-state index < -0.39 is 23.2 Å². The van der Waals surface area contributed by atoms with Crippen molar-refractivity contribution in [2.24, 2.45) is 22.2 Å². The first kappa shape index (κ1) is 15.2. The van der Waals surface area contributed by atoms with Gasteiger partial charge in [-0.3, -0.25) is 4.79 Å². The van der Waals surface area contributed by atoms with Gasteiger partial charge in [0.25, 0.3) is 0 Å². The molecule has 0 aliphatic heterocycles. The Morgan fingerprint density at radius 1 is 1.24 bits per heavy atom. The van der Waals surface area contributed by atoms with Gasteiger partial charge >= 0.3 is 12.1 Å². The predicted molar refractivity (Wildman–Crippen MR) is 71.4 cm³/mol. The van der Waals surface area contributed by atoms with E-state index >= 15 is 0 Å². The van der Waals surface area contributed by atoms with Crippen LogP contribution in [-0.4, -0.2) is 17.7 Å². The van der Waals surface area contributed by atoms with Gasteiger partial charge in [-0.15, -0.1) is 0 Å². The van der Waals surface area contributed by atoms with Crippen molar-refractivity contribution in [3.63, 3.8) is 0 Å². The molecule has 0 amide bonds. The molecule has 2 nitrogen and oxygen atoms in total. The first-order valence-corrected chi connectivity index (χ1v) is 7.76. The minimum Gasteiger partial charge on any atom is -0.458 e. The van der Waals surface area contributed by atoms with Crippen LogP contribution < -0.4 is 0 Å². The van der Waals surface area contributed by atoms with Gasteiger partial charge in [-0.2, -0.15) is 13.2 Å². The summed E-state index contributed by atoms with van der Waals surface area (Å²) in [7, 11) is 0. The summed E-state index contributed by atoms with van der Waals surface area (Å²) in [5.74, 6) is -0.579. The Balaban J connectivity index is 1.84. The SMILES string of the molecule is CCC(C)(C(=O)OC12CCC3(C)CC(C1)C32C)C(F)(F)F. The van der Waals surface area contributed by atoms with Gasteiger partial charge in [-0.25, -0.2) is 0 Å². The maximum absolute atomic E-state index is 13.2. The summed E-state index contributed by atoms with van der Waals surface area (Å²) in [6.07, 6.45) is -1.35. The van der Waals surface area contributed by atoms with Crippen LogP contribution in [0.15, 0.2) is 0 Å². The molecule has 0 aromatic heterocycles. The number of ether oxygens (including phenoxy) is 1. The molecule has 5 heteroatoms. The van der Waals surface area contributed by atoms with Gasteiger partial charge in [0.15, 0.2) is 5.41 Å². The summed E-state index contributed by atoms with van der Waals surface area (Å²) >= 11 is 0. The van der Waals surface area contributed by atoms with Crippen LogP contribution in [0.3, 0.4) is 0 Å². The molecule has 3 rings (SSSR count). The molecule has 0 bridgehead atoms. The van der Waals surface area contributed by atoms with Crippen molar-refractivity contribution in [1.29, 1.82) is 0 Å². The zero-order valence-electron chi connectivity index (χ0n) is 13.1. The minimum atomic E-state index is -4.57. The van der Waals surface area contributed by atoms with E-state index in [0.29, 0.717) is 12.3 Å². The van der Waals surface area contributed by atoms with Crippen molar-refractivity contribution in [2.45, 2.75) is 71.6 Å². The fourth-order valence-corrected chi connectivity index (χ4v) is 5.15. The number of hydrogen-bond donors (Lipinski definition) is 0. The standard InChI is InChI=1S/C16H23F3O2/c1-5-13(3,16(17,18)19)11(20)21-15-7-6-12(2)8-10(9-15)14(12,15)4/h10H,5-9H2,1-4H3. The normalized spacial score (nSPS) is 46.9. The van der Waals surface area contributed by atoms with Crippen molar-refractivity contribution in [3.8, 4) is 0 Å². The van der Waals surface area contributed by atoms with Crippen LogP contribution in [-0.2, 0) is 9.53 Å². The first-order valence-electron chi connectivity index (χ1n) is 7.76. The molecular weight excluding hydrogens is 281 g/mol. The van der Waals surface area contributed by atoms with Gasteiger partial charge in [-0.1, -0.05) is 20.8 Å². The predicted octanol–water partition coefficient (Wildman–Crippen LogP) is 4.48. The number of rotatable bonds is 3. The first-order chi connectivity index (χ1) is 9.46. The van der Waals surface area contributed by atoms with E-state index in [4.69, 9.17) is 4.74 Å². The second kappa shape index (κ2) is 3.77. The lowest BCUT2D eigenvalue weighted by atomic mass is 9.34. The van der Waals surface area contributed by atoms with Crippen LogP contribution in [0.25, 0.3) is 0 Å². The molecule has 0 radical (unpaired) electrons. The number of hydrogen-bond acceptors (Lipinski definition) is 2. The second-order valence-corrected chi connectivity index (χ2v) is 7.94. The molecular formula is C16H23F3O2. The van der Waals surface area contributed by atoms with E-state index in [2.05, 4.69) is 13.8 Å². The van der Waals surface area contributed by atoms with Crippen LogP contribution in [0.2, 0.25) is 0 Å². The van der Waals surface area contributed by atoms with Crippen LogP contribution in [0, 0.1) is 22.2 Å². The highest BCUT2D eigenvalue weighted by Crippen LogP contribution is 2.83. The second-order valence-electron chi connectivity index (χ2n) is 7.94. The maximum Gasteiger partial charge on any atom is 0.404 e. The molecule has 3 fully saturated rings. The average molecular weight is 304 g/mol. The summed E-state index contributed by atoms with van der Waals surface area (Å²) in [6.45, 7) is 6.63. The monoisotopic (exact) mass is 304 g/mol. The topological polar surface area (TPSA) is 26.3 Å². The van der Waals surface area contributed by atoms with Gasteiger partial charge in [0, 0.05) is 5.41 Å². The number of carbonyl (C=O) groups is 1. The Labute approximate surface area is 123 Å². The molecule has 21 heavy (non-hydrogen) atoms. The third kappa shape index (κ3) is 1.43. The molecule has 120 valence electrons. The van der Waals surface area contributed by atoms with Crippen molar-refractivity contribution >= 4 is 5.97 Å². The molecule has 3 saturated carbocycles. The smallest absolute Gasteiger partial charge is 0.404 e. The fourth-order valence-electron chi connectivity index (χ4n) is 5.15. The van der Waals surface area contributed by atoms with Crippen LogP contribution in [0.1, 0.15) is 59.8 Å². The highest BCUT2D eigenvalue weighted by Gasteiger charge is 2.82. The zero-order valence-corrected chi connectivity index (χ0v) is 13.1. The van der Waals surface area contributed by atoms with Gasteiger partial charge in [-0.05, 0) is 50.4 Å². The Bertz CT molecular complexity index is 502. The molecule has 0 aromatic carbocycles. The number of carbonyl (C=O) groups excluding carboxylic acids is 1. The maximum atomic E-state index is 13.2. The van der Waals surface area contributed by atoms with E-state index in [1.165, 1.54) is 6.92 Å². The van der Waals surface area contributed by atoms with E-state index in [1.807, 2.05) is 0 Å². The van der Waals surface area contributed by atoms with Gasteiger partial charge in [0.1, 0.15) is 5.60 Å². The molecule has 5 unspecified atom stereocenters. The van der Waals surface area contributed by atoms with Crippen LogP contribution in [0.5, 0.6) is 0 Å². The van der Waals surface area contributed by atoms with Crippen LogP contribution >= 0.6 is 0 Å². The number of alkyl halides is 3. The van der Waals surface area contributed by atoms with E-state index in [-0.39, 0.29) is 17.3 Å². The zero-order chi connectivity index (χ0) is 15.9. The molecule has 5 atom stereocenters. The third-order valence-corrected chi connectivity index (χ3v) is 7.44.